The van der Waals surface area contributed by atoms with E-state index in [2.05, 4.69) is 59.4 Å². The Morgan fingerprint density at radius 3 is 2.70 bits per heavy atom. The number of guanidine groups is 1. The fourth-order valence-electron chi connectivity index (χ4n) is 4.65. The number of ether oxygens (including phenoxy) is 2. The zero-order valence-corrected chi connectivity index (χ0v) is 23.2. The van der Waals surface area contributed by atoms with Gasteiger partial charge in [-0.25, -0.2) is 0 Å². The molecule has 2 aliphatic heterocycles. The number of hydrogen-bond donors (Lipinski definition) is 2. The molecule has 2 heterocycles. The molecule has 0 aliphatic carbocycles. The van der Waals surface area contributed by atoms with Crippen LogP contribution in [-0.4, -0.2) is 83.0 Å². The summed E-state index contributed by atoms with van der Waals surface area (Å²) in [5.41, 5.74) is 1.24. The highest BCUT2D eigenvalue weighted by molar-refractivity contribution is 14.0. The van der Waals surface area contributed by atoms with E-state index in [-0.39, 0.29) is 24.0 Å². The largest absolute Gasteiger partial charge is 0.497 e. The molecular formula is C25H44IN5O2. The van der Waals surface area contributed by atoms with E-state index in [1.807, 2.05) is 6.07 Å². The quantitative estimate of drug-likeness (QED) is 0.254. The number of hydrogen-bond acceptors (Lipinski definition) is 5. The molecule has 8 heteroatoms. The molecular weight excluding hydrogens is 529 g/mol. The Balaban J connectivity index is 0.00000385. The van der Waals surface area contributed by atoms with Crippen molar-refractivity contribution in [3.63, 3.8) is 0 Å². The van der Waals surface area contributed by atoms with Crippen molar-refractivity contribution in [3.8, 4) is 5.75 Å². The van der Waals surface area contributed by atoms with Crippen molar-refractivity contribution in [3.05, 3.63) is 24.3 Å². The van der Waals surface area contributed by atoms with Crippen molar-refractivity contribution in [1.82, 2.24) is 15.5 Å². The molecule has 33 heavy (non-hydrogen) atoms. The number of nitrogens with zero attached hydrogens (tertiary/aromatic N) is 3. The van der Waals surface area contributed by atoms with E-state index in [0.717, 1.165) is 70.7 Å². The molecule has 1 aromatic carbocycles. The number of nitrogens with one attached hydrogen (secondary N) is 2. The molecule has 0 radical (unpaired) electrons. The molecule has 188 valence electrons. The number of methoxy groups -OCH3 is 1. The number of halogens is 1. The smallest absolute Gasteiger partial charge is 0.191 e. The lowest BCUT2D eigenvalue weighted by atomic mass is 10.0. The topological polar surface area (TPSA) is 61.4 Å². The number of rotatable bonds is 10. The molecule has 3 rings (SSSR count). The minimum atomic E-state index is 0. The average Bonchev–Trinajstić information content (AvgIpc) is 3.29. The summed E-state index contributed by atoms with van der Waals surface area (Å²) in [6.07, 6.45) is 2.36. The van der Waals surface area contributed by atoms with Crippen LogP contribution in [0.15, 0.2) is 29.3 Å². The average molecular weight is 574 g/mol. The van der Waals surface area contributed by atoms with Gasteiger partial charge in [0.25, 0.3) is 0 Å². The summed E-state index contributed by atoms with van der Waals surface area (Å²) in [6.45, 7) is 15.2. The molecule has 1 aromatic rings. The molecule has 2 atom stereocenters. The monoisotopic (exact) mass is 573 g/mol. The molecule has 2 unspecified atom stereocenters. The normalized spacial score (nSPS) is 20.5. The third-order valence-corrected chi connectivity index (χ3v) is 6.37. The highest BCUT2D eigenvalue weighted by Crippen LogP contribution is 2.26. The van der Waals surface area contributed by atoms with Crippen LogP contribution in [0.1, 0.15) is 33.6 Å². The second-order valence-electron chi connectivity index (χ2n) is 9.33. The van der Waals surface area contributed by atoms with Crippen molar-refractivity contribution in [2.24, 2.45) is 16.8 Å². The first-order chi connectivity index (χ1) is 15.6. The van der Waals surface area contributed by atoms with Crippen molar-refractivity contribution < 1.29 is 9.47 Å². The van der Waals surface area contributed by atoms with Gasteiger partial charge in [0.05, 0.1) is 26.9 Å². The Labute approximate surface area is 217 Å². The third kappa shape index (κ3) is 9.13. The van der Waals surface area contributed by atoms with Crippen LogP contribution < -0.4 is 20.3 Å². The van der Waals surface area contributed by atoms with Crippen LogP contribution in [0.5, 0.6) is 5.75 Å². The van der Waals surface area contributed by atoms with Crippen molar-refractivity contribution in [2.75, 3.05) is 71.0 Å². The van der Waals surface area contributed by atoms with E-state index in [1.54, 1.807) is 7.11 Å². The van der Waals surface area contributed by atoms with E-state index in [0.29, 0.717) is 17.9 Å². The molecule has 0 saturated carbocycles. The minimum absolute atomic E-state index is 0. The number of morpholine rings is 1. The second-order valence-corrected chi connectivity index (χ2v) is 9.33. The molecule has 2 N–H and O–H groups in total. The predicted octanol–water partition coefficient (Wildman–Crippen LogP) is 3.44. The predicted molar refractivity (Wildman–Crippen MR) is 148 cm³/mol. The van der Waals surface area contributed by atoms with E-state index in [4.69, 9.17) is 14.5 Å². The summed E-state index contributed by atoms with van der Waals surface area (Å²) in [7, 11) is 1.72. The van der Waals surface area contributed by atoms with Crippen molar-refractivity contribution >= 4 is 35.6 Å². The summed E-state index contributed by atoms with van der Waals surface area (Å²) < 4.78 is 10.9. The first kappa shape index (κ1) is 28.0. The van der Waals surface area contributed by atoms with Crippen LogP contribution in [0, 0.1) is 11.8 Å². The van der Waals surface area contributed by atoms with Crippen molar-refractivity contribution in [2.45, 2.75) is 39.7 Å². The summed E-state index contributed by atoms with van der Waals surface area (Å²) in [6, 6.07) is 8.84. The molecule has 0 spiro atoms. The van der Waals surface area contributed by atoms with E-state index < -0.39 is 0 Å². The van der Waals surface area contributed by atoms with E-state index in [1.165, 1.54) is 18.5 Å². The fourth-order valence-corrected chi connectivity index (χ4v) is 4.65. The first-order valence-corrected chi connectivity index (χ1v) is 12.3. The van der Waals surface area contributed by atoms with Crippen LogP contribution in [0.25, 0.3) is 0 Å². The SMILES string of the molecule is CCNC(=NCC(CC(C)C)N1CCOCC1)NCC1CCN(c2cccc(OC)c2)C1.I. The molecule has 7 nitrogen and oxygen atoms in total. The second kappa shape index (κ2) is 14.9. The van der Waals surface area contributed by atoms with Crippen LogP contribution in [0.2, 0.25) is 0 Å². The van der Waals surface area contributed by atoms with Gasteiger partial charge in [-0.05, 0) is 43.7 Å². The van der Waals surface area contributed by atoms with E-state index >= 15 is 0 Å². The van der Waals surface area contributed by atoms with Crippen LogP contribution in [-0.2, 0) is 4.74 Å². The molecule has 0 amide bonds. The summed E-state index contributed by atoms with van der Waals surface area (Å²) in [5.74, 6) is 3.13. The Kier molecular flexibility index (Phi) is 12.6. The van der Waals surface area contributed by atoms with Gasteiger partial charge < -0.3 is 25.0 Å². The maximum Gasteiger partial charge on any atom is 0.191 e. The van der Waals surface area contributed by atoms with Gasteiger partial charge in [0, 0.05) is 57.1 Å². The minimum Gasteiger partial charge on any atom is -0.497 e. The number of aliphatic imine (C=N–C) groups is 1. The van der Waals surface area contributed by atoms with Gasteiger partial charge in [0.15, 0.2) is 5.96 Å². The Hall–Kier alpha value is -1.26. The van der Waals surface area contributed by atoms with Gasteiger partial charge in [-0.1, -0.05) is 19.9 Å². The van der Waals surface area contributed by atoms with Crippen LogP contribution >= 0.6 is 24.0 Å². The zero-order valence-electron chi connectivity index (χ0n) is 20.9. The number of benzene rings is 1. The van der Waals surface area contributed by atoms with Crippen LogP contribution in [0.3, 0.4) is 0 Å². The summed E-state index contributed by atoms with van der Waals surface area (Å²) >= 11 is 0. The van der Waals surface area contributed by atoms with Gasteiger partial charge >= 0.3 is 0 Å². The maximum atomic E-state index is 5.55. The Morgan fingerprint density at radius 2 is 2.00 bits per heavy atom. The lowest BCUT2D eigenvalue weighted by Crippen LogP contribution is -2.46. The Morgan fingerprint density at radius 1 is 1.21 bits per heavy atom. The lowest BCUT2D eigenvalue weighted by Gasteiger charge is -2.34. The zero-order chi connectivity index (χ0) is 22.8. The molecule has 0 bridgehead atoms. The molecule has 2 aliphatic rings. The molecule has 0 aromatic heterocycles. The first-order valence-electron chi connectivity index (χ1n) is 12.3. The molecule has 2 saturated heterocycles. The standard InChI is InChI=1S/C25H43N5O2.HI/c1-5-26-25(28-18-23(15-20(2)3)29-11-13-32-14-12-29)27-17-21-9-10-30(19-21)22-7-6-8-24(16-22)31-4;/h6-8,16,20-21,23H,5,9-15,17-19H2,1-4H3,(H2,26,27,28);1H. The van der Waals surface area contributed by atoms with Gasteiger partial charge in [-0.15, -0.1) is 24.0 Å². The maximum absolute atomic E-state index is 5.55. The van der Waals surface area contributed by atoms with Crippen molar-refractivity contribution in [1.29, 1.82) is 0 Å². The van der Waals surface area contributed by atoms with Gasteiger partial charge in [0.1, 0.15) is 5.75 Å². The summed E-state index contributed by atoms with van der Waals surface area (Å²) in [4.78, 5) is 9.99. The molecule has 2 fully saturated rings. The van der Waals surface area contributed by atoms with Crippen LogP contribution in [0.4, 0.5) is 5.69 Å². The number of anilines is 1. The van der Waals surface area contributed by atoms with Gasteiger partial charge in [0.2, 0.25) is 0 Å². The fraction of sp³-hybridized carbons (Fsp3) is 0.720. The Bertz CT molecular complexity index is 712. The highest BCUT2D eigenvalue weighted by atomic mass is 127. The third-order valence-electron chi connectivity index (χ3n) is 6.37. The summed E-state index contributed by atoms with van der Waals surface area (Å²) in [5, 5.41) is 7.05. The van der Waals surface area contributed by atoms with E-state index in [9.17, 15) is 0 Å². The van der Waals surface area contributed by atoms with Gasteiger partial charge in [-0.2, -0.15) is 0 Å². The highest BCUT2D eigenvalue weighted by Gasteiger charge is 2.24. The van der Waals surface area contributed by atoms with Gasteiger partial charge in [-0.3, -0.25) is 9.89 Å². The lowest BCUT2D eigenvalue weighted by molar-refractivity contribution is 0.0143.